The molecule has 1 aromatic carbocycles. The first-order chi connectivity index (χ1) is 8.40. The molecule has 2 nitrogen and oxygen atoms in total. The van der Waals surface area contributed by atoms with E-state index in [0.29, 0.717) is 6.04 Å². The van der Waals surface area contributed by atoms with Crippen molar-refractivity contribution in [2.24, 2.45) is 0 Å². The summed E-state index contributed by atoms with van der Waals surface area (Å²) in [7, 11) is 0. The summed E-state index contributed by atoms with van der Waals surface area (Å²) in [5.41, 5.74) is 2.32. The van der Waals surface area contributed by atoms with Crippen LogP contribution in [0, 0.1) is 0 Å². The number of aliphatic hydroxyl groups is 1. The highest BCUT2D eigenvalue weighted by Gasteiger charge is 2.16. The average molecular weight is 229 g/mol. The molecular formula is C15H19NO. The van der Waals surface area contributed by atoms with Crippen molar-refractivity contribution in [2.75, 3.05) is 0 Å². The smallest absolute Gasteiger partial charge is 0.0688 e. The summed E-state index contributed by atoms with van der Waals surface area (Å²) in [5, 5.41) is 10.6. The maximum atomic E-state index is 9.35. The lowest BCUT2D eigenvalue weighted by atomic mass is 9.95. The predicted molar refractivity (Wildman–Crippen MR) is 70.0 cm³/mol. The molecule has 1 aromatic heterocycles. The van der Waals surface area contributed by atoms with Crippen LogP contribution >= 0.6 is 0 Å². The number of rotatable bonds is 2. The second-order valence-corrected chi connectivity index (χ2v) is 5.02. The fourth-order valence-electron chi connectivity index (χ4n) is 3.07. The van der Waals surface area contributed by atoms with E-state index in [4.69, 9.17) is 0 Å². The Morgan fingerprint density at radius 2 is 1.94 bits per heavy atom. The third-order valence-corrected chi connectivity index (χ3v) is 3.99. The van der Waals surface area contributed by atoms with Crippen molar-refractivity contribution in [3.05, 3.63) is 36.0 Å². The number of aromatic nitrogens is 1. The van der Waals surface area contributed by atoms with Gasteiger partial charge in [-0.1, -0.05) is 31.4 Å². The Morgan fingerprint density at radius 1 is 1.12 bits per heavy atom. The minimum atomic E-state index is 0.131. The number of aliphatic hydroxyl groups excluding tert-OH is 1. The number of benzene rings is 1. The summed E-state index contributed by atoms with van der Waals surface area (Å²) in [4.78, 5) is 0. The van der Waals surface area contributed by atoms with Crippen molar-refractivity contribution in [1.82, 2.24) is 4.57 Å². The van der Waals surface area contributed by atoms with Crippen molar-refractivity contribution in [3.8, 4) is 0 Å². The van der Waals surface area contributed by atoms with Gasteiger partial charge in [-0.3, -0.25) is 0 Å². The third-order valence-electron chi connectivity index (χ3n) is 3.99. The van der Waals surface area contributed by atoms with Crippen LogP contribution in [0.1, 0.15) is 43.7 Å². The Hall–Kier alpha value is -1.28. The molecule has 1 aliphatic rings. The van der Waals surface area contributed by atoms with Crippen molar-refractivity contribution < 1.29 is 5.11 Å². The summed E-state index contributed by atoms with van der Waals surface area (Å²) in [5.74, 6) is 0. The Balaban J connectivity index is 2.05. The summed E-state index contributed by atoms with van der Waals surface area (Å²) >= 11 is 0. The van der Waals surface area contributed by atoms with Gasteiger partial charge in [-0.2, -0.15) is 0 Å². The van der Waals surface area contributed by atoms with E-state index < -0.39 is 0 Å². The predicted octanol–water partition coefficient (Wildman–Crippen LogP) is 3.64. The summed E-state index contributed by atoms with van der Waals surface area (Å²) in [6.45, 7) is 0.131. The second kappa shape index (κ2) is 4.53. The quantitative estimate of drug-likeness (QED) is 0.835. The van der Waals surface area contributed by atoms with E-state index >= 15 is 0 Å². The maximum Gasteiger partial charge on any atom is 0.0688 e. The maximum absolute atomic E-state index is 9.35. The zero-order chi connectivity index (χ0) is 11.7. The molecule has 1 N–H and O–H groups in total. The topological polar surface area (TPSA) is 25.2 Å². The molecule has 17 heavy (non-hydrogen) atoms. The highest BCUT2D eigenvalue weighted by molar-refractivity contribution is 5.83. The fourth-order valence-corrected chi connectivity index (χ4v) is 3.07. The van der Waals surface area contributed by atoms with Gasteiger partial charge in [0, 0.05) is 23.1 Å². The molecule has 1 saturated carbocycles. The molecule has 0 unspecified atom stereocenters. The van der Waals surface area contributed by atoms with Gasteiger partial charge in [-0.05, 0) is 30.5 Å². The molecule has 0 saturated heterocycles. The summed E-state index contributed by atoms with van der Waals surface area (Å²) in [6, 6.07) is 9.04. The van der Waals surface area contributed by atoms with Crippen molar-refractivity contribution >= 4 is 10.9 Å². The lowest BCUT2D eigenvalue weighted by Crippen LogP contribution is -2.11. The molecule has 2 aromatic rings. The van der Waals surface area contributed by atoms with Crippen LogP contribution < -0.4 is 0 Å². The molecule has 0 aliphatic heterocycles. The van der Waals surface area contributed by atoms with Gasteiger partial charge < -0.3 is 9.67 Å². The van der Waals surface area contributed by atoms with Gasteiger partial charge >= 0.3 is 0 Å². The van der Waals surface area contributed by atoms with E-state index in [1.807, 2.05) is 12.1 Å². The Bertz CT molecular complexity index is 509. The van der Waals surface area contributed by atoms with Gasteiger partial charge in [0.1, 0.15) is 0 Å². The monoisotopic (exact) mass is 229 g/mol. The molecule has 1 fully saturated rings. The van der Waals surface area contributed by atoms with Crippen LogP contribution in [0.25, 0.3) is 10.9 Å². The van der Waals surface area contributed by atoms with E-state index in [2.05, 4.69) is 22.9 Å². The average Bonchev–Trinajstić information content (AvgIpc) is 2.83. The summed E-state index contributed by atoms with van der Waals surface area (Å²) in [6.07, 6.45) is 8.88. The molecule has 3 rings (SSSR count). The normalized spacial score (nSPS) is 17.7. The number of hydrogen-bond acceptors (Lipinski definition) is 1. The molecule has 1 heterocycles. The van der Waals surface area contributed by atoms with Crippen LogP contribution in [0.3, 0.4) is 0 Å². The number of fused-ring (bicyclic) bond motifs is 1. The van der Waals surface area contributed by atoms with Crippen LogP contribution in [0.15, 0.2) is 30.5 Å². The first kappa shape index (κ1) is 10.8. The van der Waals surface area contributed by atoms with Crippen LogP contribution in [0.5, 0.6) is 0 Å². The second-order valence-electron chi connectivity index (χ2n) is 5.02. The molecule has 0 amide bonds. The minimum Gasteiger partial charge on any atom is -0.392 e. The Kier molecular flexibility index (Phi) is 2.89. The van der Waals surface area contributed by atoms with Crippen LogP contribution in [-0.2, 0) is 6.61 Å². The van der Waals surface area contributed by atoms with E-state index in [9.17, 15) is 5.11 Å². The van der Waals surface area contributed by atoms with E-state index in [0.717, 1.165) is 5.56 Å². The van der Waals surface area contributed by atoms with Gasteiger partial charge in [0.05, 0.1) is 6.61 Å². The molecule has 0 radical (unpaired) electrons. The van der Waals surface area contributed by atoms with Crippen molar-refractivity contribution in [1.29, 1.82) is 0 Å². The lowest BCUT2D eigenvalue weighted by Gasteiger charge is -2.24. The zero-order valence-electron chi connectivity index (χ0n) is 10.1. The minimum absolute atomic E-state index is 0.131. The molecule has 90 valence electrons. The van der Waals surface area contributed by atoms with Crippen molar-refractivity contribution in [2.45, 2.75) is 44.8 Å². The van der Waals surface area contributed by atoms with E-state index in [1.165, 1.54) is 43.0 Å². The Labute approximate surface area is 102 Å². The SMILES string of the molecule is OCc1cccc2c1ccn2C1CCCCC1. The van der Waals surface area contributed by atoms with Crippen LogP contribution in [0.2, 0.25) is 0 Å². The van der Waals surface area contributed by atoms with E-state index in [-0.39, 0.29) is 6.61 Å². The molecule has 2 heteroatoms. The van der Waals surface area contributed by atoms with Gasteiger partial charge in [0.25, 0.3) is 0 Å². The lowest BCUT2D eigenvalue weighted by molar-refractivity contribution is 0.283. The number of nitrogens with zero attached hydrogens (tertiary/aromatic N) is 1. The van der Waals surface area contributed by atoms with Gasteiger partial charge in [0.15, 0.2) is 0 Å². The number of hydrogen-bond donors (Lipinski definition) is 1. The zero-order valence-corrected chi connectivity index (χ0v) is 10.1. The van der Waals surface area contributed by atoms with Gasteiger partial charge in [-0.25, -0.2) is 0 Å². The molecule has 0 atom stereocenters. The molecule has 0 bridgehead atoms. The Morgan fingerprint density at radius 3 is 2.71 bits per heavy atom. The first-order valence-corrected chi connectivity index (χ1v) is 6.59. The standard InChI is InChI=1S/C15H19NO/c17-11-12-5-4-8-15-14(12)9-10-16(15)13-6-2-1-3-7-13/h4-5,8-10,13,17H,1-3,6-7,11H2. The third kappa shape index (κ3) is 1.87. The van der Waals surface area contributed by atoms with E-state index in [1.54, 1.807) is 0 Å². The highest BCUT2D eigenvalue weighted by atomic mass is 16.3. The molecule has 0 spiro atoms. The highest BCUT2D eigenvalue weighted by Crippen LogP contribution is 2.32. The molecular weight excluding hydrogens is 210 g/mol. The molecule has 1 aliphatic carbocycles. The van der Waals surface area contributed by atoms with Gasteiger partial charge in [-0.15, -0.1) is 0 Å². The van der Waals surface area contributed by atoms with Crippen LogP contribution in [0.4, 0.5) is 0 Å². The van der Waals surface area contributed by atoms with Crippen molar-refractivity contribution in [3.63, 3.8) is 0 Å². The first-order valence-electron chi connectivity index (χ1n) is 6.59. The van der Waals surface area contributed by atoms with Crippen LogP contribution in [-0.4, -0.2) is 9.67 Å². The summed E-state index contributed by atoms with van der Waals surface area (Å²) < 4.78 is 2.41. The van der Waals surface area contributed by atoms with Gasteiger partial charge in [0.2, 0.25) is 0 Å². The largest absolute Gasteiger partial charge is 0.392 e. The fraction of sp³-hybridized carbons (Fsp3) is 0.467.